The van der Waals surface area contributed by atoms with Crippen molar-refractivity contribution in [2.45, 2.75) is 11.6 Å². The van der Waals surface area contributed by atoms with Crippen LogP contribution in [0.25, 0.3) is 0 Å². The number of alkyl halides is 3. The second-order valence-electron chi connectivity index (χ2n) is 6.07. The van der Waals surface area contributed by atoms with Gasteiger partial charge < -0.3 is 10.1 Å². The molecule has 24 heavy (non-hydrogen) atoms. The molecule has 1 aliphatic heterocycles. The number of rotatable bonds is 2. The van der Waals surface area contributed by atoms with E-state index < -0.39 is 11.6 Å². The molecule has 0 amide bonds. The zero-order valence-electron chi connectivity index (χ0n) is 13.0. The molecule has 0 saturated carbocycles. The lowest BCUT2D eigenvalue weighted by molar-refractivity contribution is -0.893. The molecule has 2 aromatic rings. The van der Waals surface area contributed by atoms with Crippen LogP contribution < -0.4 is 10.0 Å². The van der Waals surface area contributed by atoms with Crippen molar-refractivity contribution in [3.63, 3.8) is 0 Å². The van der Waals surface area contributed by atoms with Gasteiger partial charge in [0.2, 0.25) is 0 Å². The summed E-state index contributed by atoms with van der Waals surface area (Å²) >= 11 is 5.99. The van der Waals surface area contributed by atoms with E-state index in [1.165, 1.54) is 41.4 Å². The highest BCUT2D eigenvalue weighted by Gasteiger charge is 2.62. The molecule has 0 radical (unpaired) electrons. The Morgan fingerprint density at radius 1 is 1.25 bits per heavy atom. The first-order chi connectivity index (χ1) is 11.2. The van der Waals surface area contributed by atoms with E-state index in [-0.39, 0.29) is 34.2 Å². The minimum atomic E-state index is -4.60. The van der Waals surface area contributed by atoms with E-state index in [2.05, 4.69) is 5.32 Å². The first kappa shape index (κ1) is 16.9. The number of fused-ring (bicyclic) bond motifs is 2. The van der Waals surface area contributed by atoms with Crippen molar-refractivity contribution in [2.24, 2.45) is 0 Å². The van der Waals surface area contributed by atoms with Crippen molar-refractivity contribution >= 4 is 23.1 Å². The molecule has 1 unspecified atom stereocenters. The van der Waals surface area contributed by atoms with E-state index in [1.807, 2.05) is 0 Å². The lowest BCUT2D eigenvalue weighted by Gasteiger charge is -2.41. The van der Waals surface area contributed by atoms with E-state index in [0.717, 1.165) is 0 Å². The van der Waals surface area contributed by atoms with Gasteiger partial charge in [0, 0.05) is 17.1 Å². The number of nitrogens with one attached hydrogen (secondary N) is 1. The van der Waals surface area contributed by atoms with E-state index in [1.54, 1.807) is 14.1 Å². The van der Waals surface area contributed by atoms with E-state index in [4.69, 9.17) is 11.6 Å². The van der Waals surface area contributed by atoms with Gasteiger partial charge in [0.25, 0.3) is 0 Å². The Morgan fingerprint density at radius 2 is 1.96 bits per heavy atom. The smallest absolute Gasteiger partial charge is 0.350 e. The van der Waals surface area contributed by atoms with Crippen molar-refractivity contribution in [1.29, 1.82) is 0 Å². The van der Waals surface area contributed by atoms with Crippen LogP contribution in [0.5, 0.6) is 0 Å². The number of benzene rings is 1. The quantitative estimate of drug-likeness (QED) is 0.639. The molecule has 1 atom stereocenters. The molecular weight excluding hydrogens is 343 g/mol. The molecule has 0 aliphatic carbocycles. The minimum Gasteiger partial charge on any atom is -0.350 e. The van der Waals surface area contributed by atoms with Crippen LogP contribution in [0.4, 0.5) is 24.7 Å². The molecule has 1 aromatic carbocycles. The SMILES string of the molecule is CN(C)CC1(C(F)(F)F)c2cc(Cl)ccc2Nc2c1ccc[n+]2O. The van der Waals surface area contributed by atoms with Gasteiger partial charge in [-0.25, -0.2) is 5.32 Å². The largest absolute Gasteiger partial charge is 0.404 e. The average molecular weight is 359 g/mol. The van der Waals surface area contributed by atoms with Gasteiger partial charge in [-0.05, 0) is 44.4 Å². The summed E-state index contributed by atoms with van der Waals surface area (Å²) in [6.45, 7) is -0.317. The third-order valence-electron chi connectivity index (χ3n) is 4.17. The Labute approximate surface area is 142 Å². The molecule has 2 heterocycles. The molecule has 0 fully saturated rings. The second-order valence-corrected chi connectivity index (χ2v) is 6.51. The van der Waals surface area contributed by atoms with Crippen molar-refractivity contribution in [3.05, 3.63) is 52.7 Å². The Bertz CT molecular complexity index is 791. The van der Waals surface area contributed by atoms with Crippen LogP contribution in [-0.2, 0) is 5.41 Å². The third kappa shape index (κ3) is 2.39. The highest BCUT2D eigenvalue weighted by molar-refractivity contribution is 6.30. The number of halogens is 4. The summed E-state index contributed by atoms with van der Waals surface area (Å²) in [6, 6.07) is 7.09. The number of hydrogen-bond acceptors (Lipinski definition) is 3. The summed E-state index contributed by atoms with van der Waals surface area (Å²) < 4.78 is 43.8. The molecule has 2 N–H and O–H groups in total. The molecule has 4 nitrogen and oxygen atoms in total. The zero-order valence-corrected chi connectivity index (χ0v) is 13.8. The Hall–Kier alpha value is -1.99. The molecular formula is C16H16ClF3N3O+. The zero-order chi connectivity index (χ0) is 17.7. The van der Waals surface area contributed by atoms with Crippen LogP contribution >= 0.6 is 11.6 Å². The van der Waals surface area contributed by atoms with Gasteiger partial charge in [-0.15, -0.1) is 0 Å². The molecule has 0 saturated heterocycles. The van der Waals surface area contributed by atoms with Crippen LogP contribution in [0, 0.1) is 0 Å². The van der Waals surface area contributed by atoms with Crippen LogP contribution in [0.15, 0.2) is 36.5 Å². The van der Waals surface area contributed by atoms with Crippen molar-refractivity contribution in [3.8, 4) is 0 Å². The molecule has 1 aromatic heterocycles. The van der Waals surface area contributed by atoms with Crippen LogP contribution in [0.3, 0.4) is 0 Å². The van der Waals surface area contributed by atoms with E-state index in [9.17, 15) is 18.4 Å². The fourth-order valence-electron chi connectivity index (χ4n) is 3.26. The van der Waals surface area contributed by atoms with E-state index >= 15 is 0 Å². The van der Waals surface area contributed by atoms with Gasteiger partial charge in [0.15, 0.2) is 0 Å². The molecule has 0 spiro atoms. The highest BCUT2D eigenvalue weighted by atomic mass is 35.5. The Kier molecular flexibility index (Phi) is 3.88. The number of anilines is 2. The number of likely N-dealkylation sites (N-methyl/N-ethyl adjacent to an activating group) is 1. The molecule has 3 rings (SSSR count). The predicted molar refractivity (Wildman–Crippen MR) is 83.9 cm³/mol. The average Bonchev–Trinajstić information content (AvgIpc) is 2.47. The van der Waals surface area contributed by atoms with Gasteiger partial charge >= 0.3 is 12.0 Å². The van der Waals surface area contributed by atoms with E-state index in [0.29, 0.717) is 4.73 Å². The fraction of sp³-hybridized carbons (Fsp3) is 0.312. The summed E-state index contributed by atoms with van der Waals surface area (Å²) in [7, 11) is 3.16. The molecule has 128 valence electrons. The van der Waals surface area contributed by atoms with Gasteiger partial charge in [-0.2, -0.15) is 13.2 Å². The van der Waals surface area contributed by atoms with Crippen molar-refractivity contribution < 1.29 is 23.1 Å². The second kappa shape index (κ2) is 5.53. The highest BCUT2D eigenvalue weighted by Crippen LogP contribution is 2.53. The number of aromatic nitrogens is 1. The normalized spacial score (nSPS) is 19.6. The van der Waals surface area contributed by atoms with Crippen LogP contribution in [-0.4, -0.2) is 36.9 Å². The standard InChI is InChI=1S/C16H15ClF3N3O/c1-22(2)9-15(16(18,19)20)11-4-3-7-23(24)14(11)21-13-6-5-10(17)8-12(13)15/h3-8,24H,9H2,1-2H3/p+1. The monoisotopic (exact) mass is 358 g/mol. The van der Waals surface area contributed by atoms with Crippen molar-refractivity contribution in [1.82, 2.24) is 4.90 Å². The number of nitrogens with zero attached hydrogens (tertiary/aromatic N) is 2. The number of pyridine rings is 1. The first-order valence-corrected chi connectivity index (χ1v) is 7.57. The minimum absolute atomic E-state index is 0.00787. The van der Waals surface area contributed by atoms with Crippen LogP contribution in [0.2, 0.25) is 5.02 Å². The molecule has 8 heteroatoms. The summed E-state index contributed by atoms with van der Waals surface area (Å²) in [5.41, 5.74) is -2.07. The maximum Gasteiger partial charge on any atom is 0.404 e. The summed E-state index contributed by atoms with van der Waals surface area (Å²) in [6.07, 6.45) is -3.31. The van der Waals surface area contributed by atoms with Gasteiger partial charge in [-0.3, -0.25) is 0 Å². The third-order valence-corrected chi connectivity index (χ3v) is 4.40. The van der Waals surface area contributed by atoms with Gasteiger partial charge in [0.1, 0.15) is 17.3 Å². The van der Waals surface area contributed by atoms with Crippen molar-refractivity contribution in [2.75, 3.05) is 26.0 Å². The maximum atomic E-state index is 14.4. The summed E-state index contributed by atoms with van der Waals surface area (Å²) in [5.74, 6) is -0.00787. The Morgan fingerprint density at radius 3 is 2.58 bits per heavy atom. The Balaban J connectivity index is 2.42. The first-order valence-electron chi connectivity index (χ1n) is 7.20. The lowest BCUT2D eigenvalue weighted by Crippen LogP contribution is -2.54. The van der Waals surface area contributed by atoms with Gasteiger partial charge in [0.05, 0.1) is 5.56 Å². The summed E-state index contributed by atoms with van der Waals surface area (Å²) in [4.78, 5) is 1.47. The molecule has 1 aliphatic rings. The topological polar surface area (TPSA) is 39.4 Å². The fourth-order valence-corrected chi connectivity index (χ4v) is 3.43. The predicted octanol–water partition coefficient (Wildman–Crippen LogP) is 3.33. The molecule has 0 bridgehead atoms. The summed E-state index contributed by atoms with van der Waals surface area (Å²) in [5, 5.41) is 13.1. The maximum absolute atomic E-state index is 14.4. The van der Waals surface area contributed by atoms with Gasteiger partial charge in [-0.1, -0.05) is 16.3 Å². The lowest BCUT2D eigenvalue weighted by atomic mass is 9.71. The number of hydrogen-bond donors (Lipinski definition) is 2. The van der Waals surface area contributed by atoms with Crippen LogP contribution in [0.1, 0.15) is 11.1 Å².